The summed E-state index contributed by atoms with van der Waals surface area (Å²) in [5.74, 6) is -1.45. The molecule has 0 bridgehead atoms. The highest BCUT2D eigenvalue weighted by Crippen LogP contribution is 2.25. The molecule has 0 spiro atoms. The highest BCUT2D eigenvalue weighted by Gasteiger charge is 2.36. The third kappa shape index (κ3) is 2.10. The number of nitrogens with one attached hydrogen (secondary N) is 1. The van der Waals surface area contributed by atoms with Crippen LogP contribution < -0.4 is 0 Å². The van der Waals surface area contributed by atoms with E-state index < -0.39 is 11.9 Å². The van der Waals surface area contributed by atoms with Crippen molar-refractivity contribution in [3.8, 4) is 0 Å². The van der Waals surface area contributed by atoms with Gasteiger partial charge < -0.3 is 10.0 Å². The number of carboxylic acids is 1. The summed E-state index contributed by atoms with van der Waals surface area (Å²) in [5.41, 5.74) is 1.23. The Morgan fingerprint density at radius 2 is 2.28 bits per heavy atom. The molecular formula is C12H17N3O3. The van der Waals surface area contributed by atoms with E-state index >= 15 is 0 Å². The first-order valence-corrected chi connectivity index (χ1v) is 6.06. The van der Waals surface area contributed by atoms with E-state index in [4.69, 9.17) is 5.11 Å². The smallest absolute Gasteiger partial charge is 0.308 e. The summed E-state index contributed by atoms with van der Waals surface area (Å²) in [6, 6.07) is -0.280. The molecule has 0 radical (unpaired) electrons. The van der Waals surface area contributed by atoms with Crippen LogP contribution in [-0.4, -0.2) is 44.7 Å². The second kappa shape index (κ2) is 4.80. The summed E-state index contributed by atoms with van der Waals surface area (Å²) < 4.78 is 0. The molecule has 1 amide bonds. The van der Waals surface area contributed by atoms with E-state index in [9.17, 15) is 9.59 Å². The van der Waals surface area contributed by atoms with Crippen LogP contribution in [0.1, 0.15) is 35.8 Å². The lowest BCUT2D eigenvalue weighted by atomic mass is 9.90. The number of rotatable bonds is 2. The summed E-state index contributed by atoms with van der Waals surface area (Å²) in [6.07, 6.45) is 2.85. The van der Waals surface area contributed by atoms with Crippen molar-refractivity contribution in [2.75, 3.05) is 6.54 Å². The fourth-order valence-corrected chi connectivity index (χ4v) is 2.48. The number of aryl methyl sites for hydroxylation is 1. The lowest BCUT2D eigenvalue weighted by Crippen LogP contribution is -2.49. The molecule has 1 aliphatic heterocycles. The third-order valence-corrected chi connectivity index (χ3v) is 3.63. The average Bonchev–Trinajstić information content (AvgIpc) is 2.74. The standard InChI is InChI=1S/C12H17N3O3/c1-7-10(6-13-14-7)11(16)15-5-3-4-9(8(15)2)12(17)18/h6,8-9H,3-5H2,1-2H3,(H,13,14)(H,17,18)/t8-,9-/m1/s1. The van der Waals surface area contributed by atoms with Crippen LogP contribution >= 0.6 is 0 Å². The summed E-state index contributed by atoms with van der Waals surface area (Å²) in [5, 5.41) is 15.7. The number of carbonyl (C=O) groups excluding carboxylic acids is 1. The molecule has 2 rings (SSSR count). The van der Waals surface area contributed by atoms with E-state index in [0.29, 0.717) is 24.2 Å². The average molecular weight is 251 g/mol. The molecule has 1 fully saturated rings. The van der Waals surface area contributed by atoms with Gasteiger partial charge >= 0.3 is 5.97 Å². The second-order valence-electron chi connectivity index (χ2n) is 4.73. The fourth-order valence-electron chi connectivity index (χ4n) is 2.48. The molecule has 2 N–H and O–H groups in total. The molecule has 98 valence electrons. The van der Waals surface area contributed by atoms with Gasteiger partial charge in [0, 0.05) is 18.3 Å². The molecule has 1 saturated heterocycles. The molecule has 0 aliphatic carbocycles. The Hall–Kier alpha value is -1.85. The number of aromatic amines is 1. The van der Waals surface area contributed by atoms with Crippen molar-refractivity contribution in [3.05, 3.63) is 17.5 Å². The first kappa shape index (κ1) is 12.6. The zero-order valence-corrected chi connectivity index (χ0v) is 10.5. The number of hydrogen-bond donors (Lipinski definition) is 2. The van der Waals surface area contributed by atoms with Crippen LogP contribution in [0.5, 0.6) is 0 Å². The Balaban J connectivity index is 2.20. The van der Waals surface area contributed by atoms with Crippen LogP contribution in [0.2, 0.25) is 0 Å². The van der Waals surface area contributed by atoms with Gasteiger partial charge in [0.15, 0.2) is 0 Å². The topological polar surface area (TPSA) is 86.3 Å². The number of aromatic nitrogens is 2. The minimum atomic E-state index is -0.830. The molecule has 1 aromatic heterocycles. The SMILES string of the molecule is Cc1[nH]ncc1C(=O)N1CCC[C@@H](C(=O)O)[C@H]1C. The maximum absolute atomic E-state index is 12.3. The van der Waals surface area contributed by atoms with E-state index in [1.807, 2.05) is 0 Å². The predicted molar refractivity (Wildman–Crippen MR) is 64.2 cm³/mol. The molecule has 1 aromatic rings. The largest absolute Gasteiger partial charge is 0.481 e. The van der Waals surface area contributed by atoms with Gasteiger partial charge in [0.1, 0.15) is 0 Å². The molecule has 18 heavy (non-hydrogen) atoms. The maximum Gasteiger partial charge on any atom is 0.308 e. The van der Waals surface area contributed by atoms with Crippen molar-refractivity contribution in [2.45, 2.75) is 32.7 Å². The monoisotopic (exact) mass is 251 g/mol. The number of nitrogens with zero attached hydrogens (tertiary/aromatic N) is 2. The number of amides is 1. The highest BCUT2D eigenvalue weighted by atomic mass is 16.4. The Bertz CT molecular complexity index is 469. The first-order chi connectivity index (χ1) is 8.52. The molecule has 6 heteroatoms. The number of aliphatic carboxylic acids is 1. The van der Waals surface area contributed by atoms with Crippen molar-refractivity contribution in [3.63, 3.8) is 0 Å². The van der Waals surface area contributed by atoms with Gasteiger partial charge in [-0.15, -0.1) is 0 Å². The summed E-state index contributed by atoms with van der Waals surface area (Å²) in [6.45, 7) is 4.18. The number of piperidine rings is 1. The minimum Gasteiger partial charge on any atom is -0.481 e. The molecule has 0 aromatic carbocycles. The lowest BCUT2D eigenvalue weighted by molar-refractivity contribution is -0.144. The normalized spacial score (nSPS) is 24.0. The van der Waals surface area contributed by atoms with Crippen LogP contribution in [0.15, 0.2) is 6.20 Å². The Kier molecular flexibility index (Phi) is 3.36. The summed E-state index contributed by atoms with van der Waals surface area (Å²) in [4.78, 5) is 25.1. The van der Waals surface area contributed by atoms with Gasteiger partial charge in [0.2, 0.25) is 0 Å². The van der Waals surface area contributed by atoms with E-state index in [-0.39, 0.29) is 11.9 Å². The quantitative estimate of drug-likeness (QED) is 0.822. The summed E-state index contributed by atoms with van der Waals surface area (Å²) >= 11 is 0. The number of carbonyl (C=O) groups is 2. The number of H-pyrrole nitrogens is 1. The van der Waals surface area contributed by atoms with Crippen molar-refractivity contribution >= 4 is 11.9 Å². The molecular weight excluding hydrogens is 234 g/mol. The predicted octanol–water partition coefficient (Wildman–Crippen LogP) is 1.04. The third-order valence-electron chi connectivity index (χ3n) is 3.63. The molecule has 1 aliphatic rings. The zero-order chi connectivity index (χ0) is 13.3. The van der Waals surface area contributed by atoms with Gasteiger partial charge in [-0.05, 0) is 26.7 Å². The van der Waals surface area contributed by atoms with E-state index in [0.717, 1.165) is 6.42 Å². The van der Waals surface area contributed by atoms with Crippen LogP contribution in [0.4, 0.5) is 0 Å². The maximum atomic E-state index is 12.3. The minimum absolute atomic E-state index is 0.139. The van der Waals surface area contributed by atoms with Gasteiger partial charge in [-0.25, -0.2) is 0 Å². The van der Waals surface area contributed by atoms with Crippen LogP contribution in [0, 0.1) is 12.8 Å². The van der Waals surface area contributed by atoms with Gasteiger partial charge in [0.25, 0.3) is 5.91 Å². The Morgan fingerprint density at radius 1 is 1.56 bits per heavy atom. The highest BCUT2D eigenvalue weighted by molar-refractivity contribution is 5.95. The molecule has 2 heterocycles. The Labute approximate surface area is 105 Å². The van der Waals surface area contributed by atoms with Crippen molar-refractivity contribution in [2.24, 2.45) is 5.92 Å². The fraction of sp³-hybridized carbons (Fsp3) is 0.583. The number of likely N-dealkylation sites (tertiary alicyclic amines) is 1. The van der Waals surface area contributed by atoms with Crippen molar-refractivity contribution < 1.29 is 14.7 Å². The Morgan fingerprint density at radius 3 is 2.83 bits per heavy atom. The molecule has 2 atom stereocenters. The van der Waals surface area contributed by atoms with Crippen molar-refractivity contribution in [1.82, 2.24) is 15.1 Å². The second-order valence-corrected chi connectivity index (χ2v) is 4.73. The van der Waals surface area contributed by atoms with E-state index in [2.05, 4.69) is 10.2 Å². The van der Waals surface area contributed by atoms with Crippen LogP contribution in [-0.2, 0) is 4.79 Å². The molecule has 0 saturated carbocycles. The van der Waals surface area contributed by atoms with Gasteiger partial charge in [-0.3, -0.25) is 14.7 Å². The van der Waals surface area contributed by atoms with E-state index in [1.165, 1.54) is 6.20 Å². The zero-order valence-electron chi connectivity index (χ0n) is 10.5. The molecule has 0 unspecified atom stereocenters. The number of carboxylic acid groups (broad SMARTS) is 1. The number of hydrogen-bond acceptors (Lipinski definition) is 3. The first-order valence-electron chi connectivity index (χ1n) is 6.06. The summed E-state index contributed by atoms with van der Waals surface area (Å²) in [7, 11) is 0. The van der Waals surface area contributed by atoms with Crippen molar-refractivity contribution in [1.29, 1.82) is 0 Å². The lowest BCUT2D eigenvalue weighted by Gasteiger charge is -2.37. The van der Waals surface area contributed by atoms with Gasteiger partial charge in [-0.2, -0.15) is 5.10 Å². The van der Waals surface area contributed by atoms with Gasteiger partial charge in [0.05, 0.1) is 17.7 Å². The van der Waals surface area contributed by atoms with Crippen LogP contribution in [0.25, 0.3) is 0 Å². The van der Waals surface area contributed by atoms with Crippen LogP contribution in [0.3, 0.4) is 0 Å². The molecule has 6 nitrogen and oxygen atoms in total. The van der Waals surface area contributed by atoms with E-state index in [1.54, 1.807) is 18.7 Å². The van der Waals surface area contributed by atoms with Gasteiger partial charge in [-0.1, -0.05) is 0 Å².